The Morgan fingerprint density at radius 2 is 1.24 bits per heavy atom. The largest absolute Gasteiger partial charge is 1.00 e. The standard InChI is InChI=1S/2C3H7O2.Al.Na.H2O4S/c2*1-5-3-2-4;;;1-5(2,3)4/h2*2-3H2,1H3;;;(H2,1,2,3,4)/q2*-1;+3;+1;/p-2. The molecule has 0 spiro atoms. The van der Waals surface area contributed by atoms with E-state index in [1.165, 1.54) is 0 Å². The van der Waals surface area contributed by atoms with Gasteiger partial charge in [0.2, 0.25) is 0 Å². The van der Waals surface area contributed by atoms with Crippen molar-refractivity contribution in [3.63, 3.8) is 0 Å². The second-order valence-corrected chi connectivity index (χ2v) is 3.91. The molecule has 0 amide bonds. The van der Waals surface area contributed by atoms with Gasteiger partial charge in [0.25, 0.3) is 0 Å². The molecule has 0 atom stereocenters. The van der Waals surface area contributed by atoms with Crippen molar-refractivity contribution in [2.24, 2.45) is 0 Å². The monoisotopic (exact) mass is 296 g/mol. The predicted molar refractivity (Wildman–Crippen MR) is 51.9 cm³/mol. The van der Waals surface area contributed by atoms with Crippen LogP contribution in [-0.4, -0.2) is 74.1 Å². The third kappa shape index (κ3) is 46.9. The molecule has 0 fully saturated rings. The molecule has 0 saturated heterocycles. The third-order valence-electron chi connectivity index (χ3n) is 0.947. The molecule has 0 aromatic rings. The molecule has 0 unspecified atom stereocenters. The first-order valence-corrected chi connectivity index (χ1v) is 6.39. The average molecular weight is 296 g/mol. The van der Waals surface area contributed by atoms with E-state index >= 15 is 0 Å². The first kappa shape index (κ1) is 23.3. The van der Waals surface area contributed by atoms with E-state index in [1.807, 2.05) is 0 Å². The topological polar surface area (TPSA) is 117 Å². The van der Waals surface area contributed by atoms with E-state index in [0.29, 0.717) is 26.4 Å². The van der Waals surface area contributed by atoms with Gasteiger partial charge in [-0.15, -0.1) is 0 Å². The number of hydrogen-bond acceptors (Lipinski definition) is 8. The summed E-state index contributed by atoms with van der Waals surface area (Å²) in [5.41, 5.74) is 0. The van der Waals surface area contributed by atoms with Gasteiger partial charge in [-0.3, -0.25) is 8.42 Å². The molecule has 0 rings (SSSR count). The van der Waals surface area contributed by atoms with Crippen LogP contribution in [-0.2, 0) is 27.4 Å². The minimum atomic E-state index is -5.17. The predicted octanol–water partition coefficient (Wildman–Crippen LogP) is -4.49. The molecule has 0 N–H and O–H groups in total. The molecule has 0 aliphatic carbocycles. The molecule has 0 saturated carbocycles. The summed E-state index contributed by atoms with van der Waals surface area (Å²) in [5, 5.41) is 0. The maximum Gasteiger partial charge on any atom is 1.00 e. The quantitative estimate of drug-likeness (QED) is 0.190. The fourth-order valence-electron chi connectivity index (χ4n) is 0.407. The van der Waals surface area contributed by atoms with Gasteiger partial charge in [0.15, 0.2) is 0 Å². The van der Waals surface area contributed by atoms with Gasteiger partial charge in [0, 0.05) is 10.4 Å². The fraction of sp³-hybridized carbons (Fsp3) is 1.00. The van der Waals surface area contributed by atoms with Crippen LogP contribution in [0.15, 0.2) is 0 Å². The summed E-state index contributed by atoms with van der Waals surface area (Å²) in [5.74, 6) is 0. The molecule has 0 heterocycles. The number of methoxy groups -OCH3 is 2. The van der Waals surface area contributed by atoms with Crippen molar-refractivity contribution < 1.29 is 64.1 Å². The zero-order valence-corrected chi connectivity index (χ0v) is 14.1. The summed E-state index contributed by atoms with van der Waals surface area (Å²) < 4.78 is 53.8. The Morgan fingerprint density at radius 1 is 0.941 bits per heavy atom. The molecule has 11 heteroatoms. The van der Waals surface area contributed by atoms with Gasteiger partial charge in [-0.25, -0.2) is 0 Å². The maximum absolute atomic E-state index is 8.52. The van der Waals surface area contributed by atoms with Gasteiger partial charge in [-0.1, -0.05) is 0 Å². The number of hydrogen-bond donors (Lipinski definition) is 0. The van der Waals surface area contributed by atoms with Gasteiger partial charge < -0.3 is 9.11 Å². The Labute approximate surface area is 130 Å². The Morgan fingerprint density at radius 3 is 1.47 bits per heavy atom. The molecule has 0 bridgehead atoms. The van der Waals surface area contributed by atoms with Crippen LogP contribution in [0.4, 0.5) is 0 Å². The number of rotatable bonds is 8. The zero-order chi connectivity index (χ0) is 12.9. The molecule has 96 valence electrons. The maximum atomic E-state index is 8.52. The van der Waals surface area contributed by atoms with Crippen molar-refractivity contribution in [3.8, 4) is 0 Å². The van der Waals surface area contributed by atoms with Crippen LogP contribution in [0.25, 0.3) is 0 Å². The fourth-order valence-corrected chi connectivity index (χ4v) is 0.888. The van der Waals surface area contributed by atoms with Gasteiger partial charge in [0.1, 0.15) is 0 Å². The number of ether oxygens (including phenoxy) is 2. The summed E-state index contributed by atoms with van der Waals surface area (Å²) in [6.07, 6.45) is 0. The molecule has 17 heavy (non-hydrogen) atoms. The van der Waals surface area contributed by atoms with E-state index < -0.39 is 10.4 Å². The smallest absolute Gasteiger partial charge is 0.759 e. The van der Waals surface area contributed by atoms with Crippen LogP contribution >= 0.6 is 0 Å². The van der Waals surface area contributed by atoms with Crippen molar-refractivity contribution in [2.45, 2.75) is 0 Å². The second kappa shape index (κ2) is 17.2. The first-order chi connectivity index (χ1) is 7.41. The molecular weight excluding hydrogens is 282 g/mol. The molecule has 0 aromatic carbocycles. The van der Waals surface area contributed by atoms with Crippen LogP contribution in [0.3, 0.4) is 0 Å². The Hall–Kier alpha value is 1.24. The van der Waals surface area contributed by atoms with E-state index in [-0.39, 0.29) is 45.4 Å². The van der Waals surface area contributed by atoms with E-state index in [4.69, 9.17) is 34.6 Å². The summed E-state index contributed by atoms with van der Waals surface area (Å²) in [4.78, 5) is 0. The van der Waals surface area contributed by atoms with Gasteiger partial charge in [-0.2, -0.15) is 0 Å². The van der Waals surface area contributed by atoms with E-state index in [1.54, 1.807) is 14.2 Å². The molecule has 0 aliphatic heterocycles. The van der Waals surface area contributed by atoms with Crippen LogP contribution in [0.1, 0.15) is 0 Å². The molecule has 0 aliphatic rings. The van der Waals surface area contributed by atoms with Crippen LogP contribution in [0.5, 0.6) is 0 Å². The van der Waals surface area contributed by atoms with Crippen molar-refractivity contribution >= 4 is 26.3 Å². The van der Waals surface area contributed by atoms with E-state index in [2.05, 4.69) is 0 Å². The van der Waals surface area contributed by atoms with E-state index in [9.17, 15) is 0 Å². The molecular formula is C6H14AlNaO8S. The Balaban J connectivity index is -0.000000280. The zero-order valence-electron chi connectivity index (χ0n) is 10.1. The summed E-state index contributed by atoms with van der Waals surface area (Å²) in [6, 6.07) is 0. The Kier molecular flexibility index (Phi) is 23.7. The first-order valence-electron chi connectivity index (χ1n) is 4.11. The summed E-state index contributed by atoms with van der Waals surface area (Å²) in [7, 11) is -1.88. The van der Waals surface area contributed by atoms with Crippen molar-refractivity contribution in [3.05, 3.63) is 0 Å². The molecule has 0 radical (unpaired) electrons. The Bertz CT molecular complexity index is 208. The minimum Gasteiger partial charge on any atom is -0.759 e. The van der Waals surface area contributed by atoms with Crippen LogP contribution < -0.4 is 29.6 Å². The second-order valence-electron chi connectivity index (χ2n) is 2.23. The van der Waals surface area contributed by atoms with Crippen molar-refractivity contribution in [2.75, 3.05) is 40.6 Å². The van der Waals surface area contributed by atoms with Crippen LogP contribution in [0.2, 0.25) is 0 Å². The van der Waals surface area contributed by atoms with Crippen molar-refractivity contribution in [1.29, 1.82) is 0 Å². The summed E-state index contributed by atoms with van der Waals surface area (Å²) >= 11 is -0.349. The van der Waals surface area contributed by atoms with E-state index in [0.717, 1.165) is 0 Å². The average Bonchev–Trinajstić information content (AvgIpc) is 2.14. The van der Waals surface area contributed by atoms with Gasteiger partial charge >= 0.3 is 103 Å². The SMILES string of the molecule is COCC[O][Al+][O]CCOC.O=S(=O)([O-])[O-].[Na+]. The van der Waals surface area contributed by atoms with Crippen molar-refractivity contribution in [1.82, 2.24) is 0 Å². The molecule has 0 aromatic heterocycles. The van der Waals surface area contributed by atoms with Crippen LogP contribution in [0, 0.1) is 0 Å². The summed E-state index contributed by atoms with van der Waals surface area (Å²) in [6.45, 7) is 2.47. The van der Waals surface area contributed by atoms with Gasteiger partial charge in [0.05, 0.1) is 0 Å². The van der Waals surface area contributed by atoms with Gasteiger partial charge in [-0.05, 0) is 0 Å². The third-order valence-corrected chi connectivity index (χ3v) is 1.69. The minimum absolute atomic E-state index is 0. The molecule has 8 nitrogen and oxygen atoms in total. The normalized spacial score (nSPS) is 9.65.